The number of nitrogens with zero attached hydrogens (tertiary/aromatic N) is 4. The quantitative estimate of drug-likeness (QED) is 0.246. The summed E-state index contributed by atoms with van der Waals surface area (Å²) in [5.74, 6) is 0.817. The molecule has 1 aliphatic heterocycles. The molecule has 1 aliphatic rings. The molecule has 3 rings (SSSR count). The van der Waals surface area contributed by atoms with Gasteiger partial charge in [-0.3, -0.25) is 9.09 Å². The van der Waals surface area contributed by atoms with Crippen molar-refractivity contribution >= 4 is 13.6 Å². The molecule has 1 saturated heterocycles. The first-order valence-corrected chi connectivity index (χ1v) is 13.5. The largest absolute Gasteiger partial charge is 0.403 e. The Kier molecular flexibility index (Phi) is 9.04. The molecule has 36 heavy (non-hydrogen) atoms. The summed E-state index contributed by atoms with van der Waals surface area (Å²) in [6, 6.07) is 0.524. The number of nitrogen functional groups attached to an aromatic ring is 1. The zero-order chi connectivity index (χ0) is 26.7. The van der Waals surface area contributed by atoms with Crippen LogP contribution in [-0.4, -0.2) is 59.2 Å². The van der Waals surface area contributed by atoms with E-state index in [0.717, 1.165) is 30.3 Å². The van der Waals surface area contributed by atoms with E-state index >= 15 is 0 Å². The third-order valence-corrected chi connectivity index (χ3v) is 7.31. The highest BCUT2D eigenvalue weighted by Gasteiger charge is 2.54. The highest BCUT2D eigenvalue weighted by molar-refractivity contribution is 7.50. The predicted octanol–water partition coefficient (Wildman–Crippen LogP) is 1.37. The van der Waals surface area contributed by atoms with Gasteiger partial charge < -0.3 is 30.1 Å². The lowest BCUT2D eigenvalue weighted by Gasteiger charge is -2.27. The molecule has 0 aliphatic carbocycles. The van der Waals surface area contributed by atoms with Gasteiger partial charge in [-0.2, -0.15) is 9.97 Å². The van der Waals surface area contributed by atoms with Gasteiger partial charge in [0.1, 0.15) is 23.6 Å². The number of anilines is 1. The molecular formula is C21H35N6O8P. The summed E-state index contributed by atoms with van der Waals surface area (Å²) in [4.78, 5) is 30.5. The van der Waals surface area contributed by atoms with Gasteiger partial charge in [-0.15, -0.1) is 0 Å². The van der Waals surface area contributed by atoms with Crippen LogP contribution in [0.2, 0.25) is 0 Å². The van der Waals surface area contributed by atoms with E-state index in [0.29, 0.717) is 5.82 Å². The first-order valence-electron chi connectivity index (χ1n) is 11.9. The zero-order valence-electron chi connectivity index (χ0n) is 20.8. The van der Waals surface area contributed by atoms with E-state index in [9.17, 15) is 24.5 Å². The minimum absolute atomic E-state index is 0.0182. The number of hydrogen-bond acceptors (Lipinski definition) is 11. The van der Waals surface area contributed by atoms with Crippen molar-refractivity contribution in [2.75, 3.05) is 12.3 Å². The van der Waals surface area contributed by atoms with E-state index in [1.54, 1.807) is 6.92 Å². The standard InChI is InChI=1S/C21H35N6O8P/c1-5-7-13(8-6-2)17-24-18(35-25-17)12(3)26-36(31,32)33-11-14-16(28)21(4,30)19(34-14)27-10-9-15(22)23-20(27)29/h9-10,12-14,16,19,28,30H,5-8,11H2,1-4H3,(H2,22,23,29)(H2,26,31,32)/t12-,14+,16+,19+,21+/m0/s1. The smallest absolute Gasteiger partial charge is 0.387 e. The molecule has 14 nitrogen and oxygen atoms in total. The SMILES string of the molecule is CCCC(CCC)c1noc([C@H](C)NP(=O)(O)OC[C@H]2O[C@@H](n3ccc(N)nc3=O)[C@](C)(O)[C@@H]2O)n1. The summed E-state index contributed by atoms with van der Waals surface area (Å²) in [6.07, 6.45) is 0.907. The molecule has 2 aromatic rings. The Morgan fingerprint density at radius 3 is 2.61 bits per heavy atom. The molecule has 6 N–H and O–H groups in total. The first-order chi connectivity index (χ1) is 16.9. The number of aliphatic hydroxyl groups is 2. The molecule has 3 heterocycles. The minimum Gasteiger partial charge on any atom is -0.387 e. The number of nitrogens with one attached hydrogen (secondary N) is 1. The summed E-state index contributed by atoms with van der Waals surface area (Å²) in [6.45, 7) is 6.42. The summed E-state index contributed by atoms with van der Waals surface area (Å²) in [7, 11) is -4.43. The molecule has 0 radical (unpaired) electrons. The van der Waals surface area contributed by atoms with Gasteiger partial charge >= 0.3 is 13.4 Å². The lowest BCUT2D eigenvalue weighted by molar-refractivity contribution is -0.0984. The third-order valence-electron chi connectivity index (χ3n) is 6.10. The molecule has 15 heteroatoms. The average Bonchev–Trinajstić information content (AvgIpc) is 3.37. The van der Waals surface area contributed by atoms with E-state index in [2.05, 4.69) is 34.1 Å². The van der Waals surface area contributed by atoms with Crippen LogP contribution in [0, 0.1) is 0 Å². The van der Waals surface area contributed by atoms with E-state index in [1.165, 1.54) is 19.2 Å². The fourth-order valence-corrected chi connectivity index (χ4v) is 5.21. The third kappa shape index (κ3) is 6.38. The lowest BCUT2D eigenvalue weighted by atomic mass is 9.96. The summed E-state index contributed by atoms with van der Waals surface area (Å²) < 4.78 is 29.7. The fourth-order valence-electron chi connectivity index (χ4n) is 4.18. The van der Waals surface area contributed by atoms with Crippen molar-refractivity contribution in [2.24, 2.45) is 0 Å². The van der Waals surface area contributed by atoms with Crippen LogP contribution in [0.25, 0.3) is 0 Å². The Hall–Kier alpha value is -2.19. The second-order valence-corrected chi connectivity index (χ2v) is 10.7. The number of aromatic nitrogens is 4. The number of nitrogens with two attached hydrogens (primary N) is 1. The topological polar surface area (TPSA) is 208 Å². The summed E-state index contributed by atoms with van der Waals surface area (Å²) in [5.41, 5.74) is 2.77. The van der Waals surface area contributed by atoms with E-state index in [1.807, 2.05) is 0 Å². The van der Waals surface area contributed by atoms with Crippen molar-refractivity contribution in [1.29, 1.82) is 0 Å². The van der Waals surface area contributed by atoms with Crippen LogP contribution >= 0.6 is 7.75 Å². The van der Waals surface area contributed by atoms with E-state index in [-0.39, 0.29) is 17.6 Å². The second-order valence-electron chi connectivity index (χ2n) is 9.17. The van der Waals surface area contributed by atoms with Crippen LogP contribution in [0.1, 0.15) is 83.3 Å². The normalized spacial score (nSPS) is 26.8. The maximum absolute atomic E-state index is 12.7. The van der Waals surface area contributed by atoms with Gasteiger partial charge in [-0.25, -0.2) is 14.4 Å². The van der Waals surface area contributed by atoms with Gasteiger partial charge in [-0.05, 0) is 32.8 Å². The second kappa shape index (κ2) is 11.5. The molecule has 0 saturated carbocycles. The van der Waals surface area contributed by atoms with Crippen molar-refractivity contribution in [3.05, 3.63) is 34.5 Å². The van der Waals surface area contributed by atoms with Gasteiger partial charge in [0.2, 0.25) is 5.89 Å². The molecule has 0 amide bonds. The van der Waals surface area contributed by atoms with Gasteiger partial charge in [-0.1, -0.05) is 31.8 Å². The van der Waals surface area contributed by atoms with Crippen molar-refractivity contribution in [3.63, 3.8) is 0 Å². The van der Waals surface area contributed by atoms with Gasteiger partial charge in [0, 0.05) is 12.1 Å². The molecule has 0 aromatic carbocycles. The van der Waals surface area contributed by atoms with Crippen LogP contribution in [0.3, 0.4) is 0 Å². The molecular weight excluding hydrogens is 495 g/mol. The van der Waals surface area contributed by atoms with E-state index < -0.39 is 50.1 Å². The molecule has 1 fully saturated rings. The van der Waals surface area contributed by atoms with Gasteiger partial charge in [0.25, 0.3) is 0 Å². The van der Waals surface area contributed by atoms with Crippen LogP contribution in [-0.2, 0) is 13.8 Å². The Morgan fingerprint density at radius 2 is 2.00 bits per heavy atom. The molecule has 6 atom stereocenters. The molecule has 1 unspecified atom stereocenters. The zero-order valence-corrected chi connectivity index (χ0v) is 21.7. The first kappa shape index (κ1) is 28.4. The van der Waals surface area contributed by atoms with Crippen LogP contribution in [0.15, 0.2) is 21.6 Å². The Labute approximate surface area is 208 Å². The monoisotopic (exact) mass is 530 g/mol. The molecule has 202 valence electrons. The highest BCUT2D eigenvalue weighted by Crippen LogP contribution is 2.43. The van der Waals surface area contributed by atoms with Crippen LogP contribution < -0.4 is 16.5 Å². The van der Waals surface area contributed by atoms with E-state index in [4.69, 9.17) is 19.5 Å². The maximum Gasteiger partial charge on any atom is 0.403 e. The van der Waals surface area contributed by atoms with Gasteiger partial charge in [0.15, 0.2) is 12.1 Å². The van der Waals surface area contributed by atoms with Crippen molar-refractivity contribution in [3.8, 4) is 0 Å². The maximum atomic E-state index is 12.7. The molecule has 2 aromatic heterocycles. The van der Waals surface area contributed by atoms with Crippen molar-refractivity contribution in [2.45, 2.75) is 89.4 Å². The van der Waals surface area contributed by atoms with Crippen molar-refractivity contribution in [1.82, 2.24) is 24.8 Å². The minimum atomic E-state index is -4.43. The number of hydrogen-bond donors (Lipinski definition) is 5. The predicted molar refractivity (Wildman–Crippen MR) is 128 cm³/mol. The number of rotatable bonds is 12. The molecule has 0 bridgehead atoms. The van der Waals surface area contributed by atoms with Crippen LogP contribution in [0.4, 0.5) is 5.82 Å². The Morgan fingerprint density at radius 1 is 1.33 bits per heavy atom. The average molecular weight is 531 g/mol. The Balaban J connectivity index is 1.63. The summed E-state index contributed by atoms with van der Waals surface area (Å²) >= 11 is 0. The molecule has 0 spiro atoms. The fraction of sp³-hybridized carbons (Fsp3) is 0.714. The Bertz CT molecular complexity index is 1120. The highest BCUT2D eigenvalue weighted by atomic mass is 31.2. The van der Waals surface area contributed by atoms with Gasteiger partial charge in [0.05, 0.1) is 12.6 Å². The number of aliphatic hydroxyl groups excluding tert-OH is 1. The lowest BCUT2D eigenvalue weighted by Crippen LogP contribution is -2.46. The summed E-state index contributed by atoms with van der Waals surface area (Å²) in [5, 5.41) is 27.8. The van der Waals surface area contributed by atoms with Crippen molar-refractivity contribution < 1.29 is 33.5 Å². The van der Waals surface area contributed by atoms with Crippen LogP contribution in [0.5, 0.6) is 0 Å². The number of ether oxygens (including phenoxy) is 1.